The molecule has 4 rings (SSSR count). The van der Waals surface area contributed by atoms with E-state index in [2.05, 4.69) is 39.1 Å². The van der Waals surface area contributed by atoms with Gasteiger partial charge in [-0.2, -0.15) is 0 Å². The number of nitrogens with zero attached hydrogens (tertiary/aromatic N) is 3. The summed E-state index contributed by atoms with van der Waals surface area (Å²) in [7, 11) is 0. The first-order chi connectivity index (χ1) is 12.2. The van der Waals surface area contributed by atoms with Gasteiger partial charge in [0.05, 0.1) is 0 Å². The van der Waals surface area contributed by atoms with Gasteiger partial charge in [-0.25, -0.2) is 4.39 Å². The molecular weight excluding hydrogens is 442 g/mol. The molecule has 2 aromatic rings. The molecule has 1 heterocycles. The van der Waals surface area contributed by atoms with E-state index in [1.165, 1.54) is 23.3 Å². The van der Waals surface area contributed by atoms with E-state index >= 15 is 0 Å². The molecule has 1 atom stereocenters. The number of hydrogen-bond donors (Lipinski definition) is 1. The summed E-state index contributed by atoms with van der Waals surface area (Å²) in [6.45, 7) is 4.19. The number of rotatable bonds is 3. The SMILES string of the molecule is I.NC(=NCC1Cc2ccccc21)N1CCN(c2ccc(F)cc2)CC1. The molecular formula is C20H24FIN4. The normalized spacial score (nSPS) is 19.4. The van der Waals surface area contributed by atoms with Crippen molar-refractivity contribution in [2.45, 2.75) is 12.3 Å². The van der Waals surface area contributed by atoms with Crippen LogP contribution in [0.3, 0.4) is 0 Å². The molecule has 1 unspecified atom stereocenters. The number of anilines is 1. The Kier molecular flexibility index (Phi) is 6.01. The molecule has 0 aromatic heterocycles. The van der Waals surface area contributed by atoms with Gasteiger partial charge in [-0.15, -0.1) is 24.0 Å². The van der Waals surface area contributed by atoms with Crippen molar-refractivity contribution in [1.29, 1.82) is 0 Å². The minimum Gasteiger partial charge on any atom is -0.370 e. The van der Waals surface area contributed by atoms with Crippen LogP contribution in [0.2, 0.25) is 0 Å². The molecule has 2 aliphatic rings. The molecule has 6 heteroatoms. The molecule has 1 aliphatic carbocycles. The lowest BCUT2D eigenvalue weighted by atomic mass is 9.78. The van der Waals surface area contributed by atoms with E-state index in [0.717, 1.165) is 44.8 Å². The minimum atomic E-state index is -0.198. The van der Waals surface area contributed by atoms with Crippen LogP contribution in [-0.2, 0) is 6.42 Å². The Hall–Kier alpha value is -1.83. The lowest BCUT2D eigenvalue weighted by molar-refractivity contribution is 0.380. The van der Waals surface area contributed by atoms with E-state index in [1.54, 1.807) is 0 Å². The summed E-state index contributed by atoms with van der Waals surface area (Å²) < 4.78 is 13.0. The van der Waals surface area contributed by atoms with Crippen LogP contribution in [0.4, 0.5) is 10.1 Å². The van der Waals surface area contributed by atoms with E-state index in [-0.39, 0.29) is 29.8 Å². The average Bonchev–Trinajstić information content (AvgIpc) is 2.63. The van der Waals surface area contributed by atoms with E-state index in [4.69, 9.17) is 5.73 Å². The lowest BCUT2D eigenvalue weighted by Gasteiger charge is -2.37. The van der Waals surface area contributed by atoms with Gasteiger partial charge in [0.15, 0.2) is 5.96 Å². The monoisotopic (exact) mass is 466 g/mol. The van der Waals surface area contributed by atoms with Gasteiger partial charge in [0.25, 0.3) is 0 Å². The molecule has 2 aromatic carbocycles. The summed E-state index contributed by atoms with van der Waals surface area (Å²) in [5, 5.41) is 0. The largest absolute Gasteiger partial charge is 0.370 e. The molecule has 0 amide bonds. The smallest absolute Gasteiger partial charge is 0.191 e. The number of piperazine rings is 1. The lowest BCUT2D eigenvalue weighted by Crippen LogP contribution is -2.51. The highest BCUT2D eigenvalue weighted by atomic mass is 127. The van der Waals surface area contributed by atoms with Crippen LogP contribution < -0.4 is 10.6 Å². The third-order valence-corrected chi connectivity index (χ3v) is 5.23. The average molecular weight is 466 g/mol. The first-order valence-electron chi connectivity index (χ1n) is 8.84. The molecule has 0 spiro atoms. The summed E-state index contributed by atoms with van der Waals surface area (Å²) in [6.07, 6.45) is 1.10. The van der Waals surface area contributed by atoms with E-state index in [0.29, 0.717) is 11.9 Å². The maximum absolute atomic E-state index is 13.0. The van der Waals surface area contributed by atoms with Crippen LogP contribution in [0.15, 0.2) is 53.5 Å². The molecule has 1 aliphatic heterocycles. The number of hydrogen-bond acceptors (Lipinski definition) is 2. The van der Waals surface area contributed by atoms with Gasteiger partial charge in [-0.3, -0.25) is 4.99 Å². The highest BCUT2D eigenvalue weighted by Gasteiger charge is 2.25. The van der Waals surface area contributed by atoms with Crippen molar-refractivity contribution < 1.29 is 4.39 Å². The van der Waals surface area contributed by atoms with Crippen LogP contribution in [0, 0.1) is 5.82 Å². The Labute approximate surface area is 170 Å². The van der Waals surface area contributed by atoms with Crippen molar-refractivity contribution in [3.63, 3.8) is 0 Å². The number of halogens is 2. The van der Waals surface area contributed by atoms with Crippen molar-refractivity contribution in [1.82, 2.24) is 4.90 Å². The van der Waals surface area contributed by atoms with Crippen molar-refractivity contribution >= 4 is 35.6 Å². The fraction of sp³-hybridized carbons (Fsp3) is 0.350. The second kappa shape index (κ2) is 8.24. The molecule has 0 saturated carbocycles. The van der Waals surface area contributed by atoms with Crippen LogP contribution in [0.25, 0.3) is 0 Å². The molecule has 2 N–H and O–H groups in total. The summed E-state index contributed by atoms with van der Waals surface area (Å²) in [6, 6.07) is 15.2. The second-order valence-corrected chi connectivity index (χ2v) is 6.75. The first kappa shape index (κ1) is 18.9. The number of fused-ring (bicyclic) bond motifs is 1. The summed E-state index contributed by atoms with van der Waals surface area (Å²) in [5.41, 5.74) is 10.1. The Morgan fingerprint density at radius 1 is 1.04 bits per heavy atom. The van der Waals surface area contributed by atoms with E-state index < -0.39 is 0 Å². The zero-order valence-corrected chi connectivity index (χ0v) is 17.0. The van der Waals surface area contributed by atoms with Crippen molar-refractivity contribution in [3.05, 3.63) is 65.5 Å². The van der Waals surface area contributed by atoms with Gasteiger partial charge in [-0.05, 0) is 41.8 Å². The number of aliphatic imine (C=N–C) groups is 1. The Morgan fingerprint density at radius 3 is 2.42 bits per heavy atom. The predicted octanol–water partition coefficient (Wildman–Crippen LogP) is 3.22. The minimum absolute atomic E-state index is 0. The highest BCUT2D eigenvalue weighted by molar-refractivity contribution is 14.0. The van der Waals surface area contributed by atoms with Crippen molar-refractivity contribution in [2.75, 3.05) is 37.6 Å². The zero-order chi connectivity index (χ0) is 17.2. The van der Waals surface area contributed by atoms with Crippen LogP contribution in [-0.4, -0.2) is 43.6 Å². The number of benzene rings is 2. The van der Waals surface area contributed by atoms with Gasteiger partial charge in [-0.1, -0.05) is 24.3 Å². The summed E-state index contributed by atoms with van der Waals surface area (Å²) in [5.74, 6) is 0.953. The highest BCUT2D eigenvalue weighted by Crippen LogP contribution is 2.34. The second-order valence-electron chi connectivity index (χ2n) is 6.75. The standard InChI is InChI=1S/C20H23FN4.HI/c21-17-5-7-18(8-6-17)24-9-11-25(12-10-24)20(22)23-14-16-13-15-3-1-2-4-19(15)16;/h1-8,16H,9-14H2,(H2,22,23);1H. The predicted molar refractivity (Wildman–Crippen MR) is 115 cm³/mol. The molecule has 26 heavy (non-hydrogen) atoms. The molecule has 0 radical (unpaired) electrons. The fourth-order valence-electron chi connectivity index (χ4n) is 3.67. The Morgan fingerprint density at radius 2 is 1.73 bits per heavy atom. The number of guanidine groups is 1. The maximum Gasteiger partial charge on any atom is 0.191 e. The third kappa shape index (κ3) is 3.95. The van der Waals surface area contributed by atoms with Crippen LogP contribution >= 0.6 is 24.0 Å². The van der Waals surface area contributed by atoms with Gasteiger partial charge in [0.1, 0.15) is 5.82 Å². The topological polar surface area (TPSA) is 44.9 Å². The molecule has 0 bridgehead atoms. The van der Waals surface area contributed by atoms with Crippen LogP contribution in [0.1, 0.15) is 17.0 Å². The molecule has 1 saturated heterocycles. The Bertz CT molecular complexity index is 770. The molecule has 138 valence electrons. The quantitative estimate of drug-likeness (QED) is 0.430. The fourth-order valence-corrected chi connectivity index (χ4v) is 3.67. The number of nitrogens with two attached hydrogens (primary N) is 1. The zero-order valence-electron chi connectivity index (χ0n) is 14.6. The third-order valence-electron chi connectivity index (χ3n) is 5.23. The van der Waals surface area contributed by atoms with Gasteiger partial charge < -0.3 is 15.5 Å². The van der Waals surface area contributed by atoms with Crippen LogP contribution in [0.5, 0.6) is 0 Å². The van der Waals surface area contributed by atoms with Gasteiger partial charge >= 0.3 is 0 Å². The van der Waals surface area contributed by atoms with E-state index in [9.17, 15) is 4.39 Å². The van der Waals surface area contributed by atoms with Gasteiger partial charge in [0.2, 0.25) is 0 Å². The summed E-state index contributed by atoms with van der Waals surface area (Å²) >= 11 is 0. The maximum atomic E-state index is 13.0. The van der Waals surface area contributed by atoms with Crippen molar-refractivity contribution in [3.8, 4) is 0 Å². The van der Waals surface area contributed by atoms with Gasteiger partial charge in [0, 0.05) is 44.3 Å². The molecule has 1 fully saturated rings. The van der Waals surface area contributed by atoms with E-state index in [1.807, 2.05) is 12.1 Å². The van der Waals surface area contributed by atoms with Crippen molar-refractivity contribution in [2.24, 2.45) is 10.7 Å². The summed E-state index contributed by atoms with van der Waals surface area (Å²) in [4.78, 5) is 9.03. The Balaban J connectivity index is 0.00000196. The molecule has 4 nitrogen and oxygen atoms in total. The first-order valence-corrected chi connectivity index (χ1v) is 8.84.